The number of rotatable bonds is 4. The first kappa shape index (κ1) is 18.3. The summed E-state index contributed by atoms with van der Waals surface area (Å²) in [5.41, 5.74) is 7.52. The van der Waals surface area contributed by atoms with Crippen molar-refractivity contribution < 1.29 is 0 Å². The van der Waals surface area contributed by atoms with Gasteiger partial charge in [0, 0.05) is 41.5 Å². The van der Waals surface area contributed by atoms with E-state index in [1.54, 1.807) is 0 Å². The summed E-state index contributed by atoms with van der Waals surface area (Å²) in [5, 5.41) is 9.99. The van der Waals surface area contributed by atoms with E-state index in [1.807, 2.05) is 30.9 Å². The van der Waals surface area contributed by atoms with E-state index in [0.29, 0.717) is 0 Å². The number of nitrogens with one attached hydrogen (secondary N) is 2. The van der Waals surface area contributed by atoms with E-state index < -0.39 is 0 Å². The molecule has 4 aromatic heterocycles. The van der Waals surface area contributed by atoms with Gasteiger partial charge in [-0.2, -0.15) is 5.10 Å². The van der Waals surface area contributed by atoms with Crippen LogP contribution in [0.1, 0.15) is 24.8 Å². The molecule has 0 atom stereocenters. The van der Waals surface area contributed by atoms with Crippen molar-refractivity contribution in [1.82, 2.24) is 30.0 Å². The Hall–Kier alpha value is -3.51. The zero-order chi connectivity index (χ0) is 20.6. The van der Waals surface area contributed by atoms with Gasteiger partial charge < -0.3 is 4.98 Å². The minimum atomic E-state index is 0.922. The van der Waals surface area contributed by atoms with Crippen LogP contribution in [0.2, 0.25) is 0 Å². The molecule has 5 aromatic rings. The number of piperidine rings is 1. The highest BCUT2D eigenvalue weighted by Gasteiger charge is 2.14. The Bertz CT molecular complexity index is 1330. The van der Waals surface area contributed by atoms with Gasteiger partial charge in [-0.1, -0.05) is 12.5 Å². The number of hydrogen-bond acceptors (Lipinski definition) is 4. The van der Waals surface area contributed by atoms with Crippen molar-refractivity contribution in [2.45, 2.75) is 25.8 Å². The molecule has 0 unspecified atom stereocenters. The molecule has 1 aromatic carbocycles. The van der Waals surface area contributed by atoms with Gasteiger partial charge in [0.05, 0.1) is 22.9 Å². The maximum Gasteiger partial charge on any atom is 0.116 e. The van der Waals surface area contributed by atoms with Gasteiger partial charge in [-0.15, -0.1) is 0 Å². The van der Waals surface area contributed by atoms with Crippen LogP contribution in [0.25, 0.3) is 44.3 Å². The van der Waals surface area contributed by atoms with Crippen LogP contribution in [-0.4, -0.2) is 43.1 Å². The maximum absolute atomic E-state index is 4.59. The lowest BCUT2D eigenvalue weighted by Crippen LogP contribution is -2.29. The Morgan fingerprint density at radius 2 is 1.77 bits per heavy atom. The molecule has 5 heterocycles. The molecule has 1 aliphatic heterocycles. The first-order valence-corrected chi connectivity index (χ1v) is 10.9. The van der Waals surface area contributed by atoms with Gasteiger partial charge in [-0.3, -0.25) is 20.0 Å². The van der Waals surface area contributed by atoms with Crippen molar-refractivity contribution in [3.63, 3.8) is 0 Å². The van der Waals surface area contributed by atoms with Gasteiger partial charge in [-0.25, -0.2) is 0 Å². The largest absolute Gasteiger partial charge is 0.352 e. The van der Waals surface area contributed by atoms with Crippen molar-refractivity contribution in [1.29, 1.82) is 0 Å². The minimum Gasteiger partial charge on any atom is -0.352 e. The summed E-state index contributed by atoms with van der Waals surface area (Å²) in [7, 11) is 0. The first-order valence-electron chi connectivity index (χ1n) is 10.9. The average molecular weight is 409 g/mol. The summed E-state index contributed by atoms with van der Waals surface area (Å²) in [6.45, 7) is 3.35. The van der Waals surface area contributed by atoms with Gasteiger partial charge in [-0.05, 0) is 67.4 Å². The maximum atomic E-state index is 4.59. The van der Waals surface area contributed by atoms with Gasteiger partial charge >= 0.3 is 0 Å². The van der Waals surface area contributed by atoms with E-state index >= 15 is 0 Å². The van der Waals surface area contributed by atoms with Crippen molar-refractivity contribution in [2.24, 2.45) is 0 Å². The van der Waals surface area contributed by atoms with Crippen LogP contribution in [0.15, 0.2) is 61.2 Å². The summed E-state index contributed by atoms with van der Waals surface area (Å²) in [5.74, 6) is 0. The minimum absolute atomic E-state index is 0.922. The van der Waals surface area contributed by atoms with Crippen LogP contribution in [0, 0.1) is 0 Å². The van der Waals surface area contributed by atoms with E-state index in [9.17, 15) is 0 Å². The third kappa shape index (κ3) is 3.49. The Labute approximate surface area is 180 Å². The molecule has 0 saturated carbocycles. The number of benzene rings is 1. The molecule has 6 nitrogen and oxygen atoms in total. The van der Waals surface area contributed by atoms with E-state index in [2.05, 4.69) is 60.4 Å². The second-order valence-electron chi connectivity index (χ2n) is 8.40. The van der Waals surface area contributed by atoms with Crippen LogP contribution in [-0.2, 0) is 6.54 Å². The number of fused-ring (bicyclic) bond motifs is 2. The van der Waals surface area contributed by atoms with Gasteiger partial charge in [0.2, 0.25) is 0 Å². The van der Waals surface area contributed by atoms with Crippen molar-refractivity contribution in [3.05, 3.63) is 66.7 Å². The Kier molecular flexibility index (Phi) is 4.50. The number of hydrogen-bond donors (Lipinski definition) is 2. The molecule has 0 aliphatic carbocycles. The number of H-pyrrole nitrogens is 2. The molecule has 0 radical (unpaired) electrons. The quantitative estimate of drug-likeness (QED) is 0.431. The lowest BCUT2D eigenvalue weighted by Gasteiger charge is -2.26. The zero-order valence-electron chi connectivity index (χ0n) is 17.3. The van der Waals surface area contributed by atoms with Crippen molar-refractivity contribution in [3.8, 4) is 22.5 Å². The summed E-state index contributed by atoms with van der Waals surface area (Å²) in [6.07, 6.45) is 11.6. The molecule has 6 rings (SSSR count). The fraction of sp³-hybridized carbons (Fsp3) is 0.240. The number of likely N-dealkylation sites (tertiary alicyclic amines) is 1. The first-order chi connectivity index (χ1) is 15.3. The molecule has 1 fully saturated rings. The molecule has 154 valence electrons. The predicted molar refractivity (Wildman–Crippen MR) is 124 cm³/mol. The monoisotopic (exact) mass is 408 g/mol. The number of nitrogens with zero attached hydrogens (tertiary/aromatic N) is 4. The van der Waals surface area contributed by atoms with E-state index in [4.69, 9.17) is 0 Å². The van der Waals surface area contributed by atoms with Crippen molar-refractivity contribution >= 4 is 21.8 Å². The van der Waals surface area contributed by atoms with Crippen molar-refractivity contribution in [2.75, 3.05) is 13.1 Å². The highest BCUT2D eigenvalue weighted by Crippen LogP contribution is 2.31. The molecular formula is C25H24N6. The topological polar surface area (TPSA) is 73.5 Å². The predicted octanol–water partition coefficient (Wildman–Crippen LogP) is 5.15. The highest BCUT2D eigenvalue weighted by molar-refractivity contribution is 5.97. The fourth-order valence-electron chi connectivity index (χ4n) is 4.61. The van der Waals surface area contributed by atoms with Crippen LogP contribution in [0.5, 0.6) is 0 Å². The number of pyridine rings is 2. The Morgan fingerprint density at radius 3 is 2.68 bits per heavy atom. The lowest BCUT2D eigenvalue weighted by molar-refractivity contribution is 0.220. The summed E-state index contributed by atoms with van der Waals surface area (Å²) in [4.78, 5) is 14.7. The second-order valence-corrected chi connectivity index (χ2v) is 8.40. The molecule has 31 heavy (non-hydrogen) atoms. The van der Waals surface area contributed by atoms with Crippen LogP contribution >= 0.6 is 0 Å². The molecule has 2 N–H and O–H groups in total. The number of aromatic amines is 2. The normalized spacial score (nSPS) is 15.1. The molecule has 6 heteroatoms. The van der Waals surface area contributed by atoms with E-state index in [0.717, 1.165) is 50.9 Å². The second kappa shape index (κ2) is 7.63. The molecule has 0 amide bonds. The molecule has 0 spiro atoms. The van der Waals surface area contributed by atoms with Gasteiger partial charge in [0.15, 0.2) is 0 Å². The van der Waals surface area contributed by atoms with Gasteiger partial charge in [0.25, 0.3) is 0 Å². The third-order valence-corrected chi connectivity index (χ3v) is 6.23. The molecule has 1 aliphatic rings. The van der Waals surface area contributed by atoms with E-state index in [-0.39, 0.29) is 0 Å². The summed E-state index contributed by atoms with van der Waals surface area (Å²) < 4.78 is 0. The van der Waals surface area contributed by atoms with Crippen LogP contribution in [0.3, 0.4) is 0 Å². The standard InChI is InChI=1S/C25H24N6/c1-2-8-31(9-3-1)16-17-10-20(14-27-13-17)18-4-5-22-21(11-18)25(30-29-22)23-12-19-6-7-26-15-24(19)28-23/h4-7,10-15,28H,1-3,8-9,16H2,(H,29,30). The van der Waals surface area contributed by atoms with E-state index in [1.165, 1.54) is 37.9 Å². The molecule has 0 bridgehead atoms. The summed E-state index contributed by atoms with van der Waals surface area (Å²) in [6, 6.07) is 12.9. The average Bonchev–Trinajstić information content (AvgIpc) is 3.43. The number of aromatic nitrogens is 5. The van der Waals surface area contributed by atoms with Gasteiger partial charge in [0.1, 0.15) is 5.69 Å². The Morgan fingerprint density at radius 1 is 0.839 bits per heavy atom. The molecular weight excluding hydrogens is 384 g/mol. The van der Waals surface area contributed by atoms with Crippen LogP contribution in [0.4, 0.5) is 0 Å². The highest BCUT2D eigenvalue weighted by atomic mass is 15.1. The smallest absolute Gasteiger partial charge is 0.116 e. The SMILES string of the molecule is c1cc2cc(-c3n[nH]c4ccc(-c5cncc(CN6CCCCC6)c5)cc34)[nH]c2cn1. The zero-order valence-corrected chi connectivity index (χ0v) is 17.3. The fourth-order valence-corrected chi connectivity index (χ4v) is 4.61. The lowest BCUT2D eigenvalue weighted by atomic mass is 10.0. The molecule has 1 saturated heterocycles. The Balaban J connectivity index is 1.36. The summed E-state index contributed by atoms with van der Waals surface area (Å²) >= 11 is 0. The third-order valence-electron chi connectivity index (χ3n) is 6.23. The van der Waals surface area contributed by atoms with Crippen LogP contribution < -0.4 is 0 Å².